The highest BCUT2D eigenvalue weighted by Gasteiger charge is 2.43. The highest BCUT2D eigenvalue weighted by molar-refractivity contribution is 6.00. The van der Waals surface area contributed by atoms with E-state index in [1.54, 1.807) is 12.1 Å². The molecule has 3 atom stereocenters. The highest BCUT2D eigenvalue weighted by atomic mass is 16.3. The Bertz CT molecular complexity index is 1540. The van der Waals surface area contributed by atoms with Gasteiger partial charge in [0.2, 0.25) is 11.8 Å². The Hall–Kier alpha value is -4.69. The first-order chi connectivity index (χ1) is 22.8. The summed E-state index contributed by atoms with van der Waals surface area (Å²) in [5, 5.41) is 24.8. The van der Waals surface area contributed by atoms with Gasteiger partial charge in [-0.3, -0.25) is 19.2 Å². The second-order valence-corrected chi connectivity index (χ2v) is 13.1. The van der Waals surface area contributed by atoms with Crippen molar-refractivity contribution < 1.29 is 29.1 Å². The third-order valence-corrected chi connectivity index (χ3v) is 8.70. The third kappa shape index (κ3) is 9.67. The number of urea groups is 1. The maximum atomic E-state index is 13.7. The van der Waals surface area contributed by atoms with E-state index in [2.05, 4.69) is 21.3 Å². The summed E-state index contributed by atoms with van der Waals surface area (Å²) in [7, 11) is 0. The Morgan fingerprint density at radius 3 is 2.42 bits per heavy atom. The average molecular weight is 665 g/mol. The molecule has 0 radical (unpaired) electrons. The van der Waals surface area contributed by atoms with Crippen molar-refractivity contribution in [3.8, 4) is 0 Å². The number of ketones is 1. The topological polar surface area (TPSA) is 212 Å². The molecule has 14 nitrogen and oxygen atoms in total. The number of amides is 5. The molecule has 48 heavy (non-hydrogen) atoms. The highest BCUT2D eigenvalue weighted by Crippen LogP contribution is 2.27. The molecule has 0 bridgehead atoms. The van der Waals surface area contributed by atoms with Gasteiger partial charge in [0.25, 0.3) is 5.91 Å². The minimum atomic E-state index is -1.40. The van der Waals surface area contributed by atoms with Crippen molar-refractivity contribution in [3.63, 3.8) is 0 Å². The Morgan fingerprint density at radius 1 is 1.06 bits per heavy atom. The summed E-state index contributed by atoms with van der Waals surface area (Å²) in [6.07, 6.45) is 4.78. The van der Waals surface area contributed by atoms with Crippen LogP contribution in [0.1, 0.15) is 69.7 Å². The number of carbonyl (C=O) groups excluding carboxylic acids is 5. The van der Waals surface area contributed by atoms with Gasteiger partial charge in [-0.15, -0.1) is 0 Å². The van der Waals surface area contributed by atoms with E-state index in [0.29, 0.717) is 31.4 Å². The Balaban J connectivity index is 1.41. The smallest absolute Gasteiger partial charge is 0.315 e. The van der Waals surface area contributed by atoms with Gasteiger partial charge in [-0.25, -0.2) is 10.6 Å². The first kappa shape index (κ1) is 36.2. The largest absolute Gasteiger partial charge is 0.403 e. The lowest BCUT2D eigenvalue weighted by atomic mass is 10.0. The zero-order valence-corrected chi connectivity index (χ0v) is 27.8. The van der Waals surface area contributed by atoms with Crippen molar-refractivity contribution in [3.05, 3.63) is 59.9 Å². The zero-order valence-electron chi connectivity index (χ0n) is 27.8. The molecule has 1 heterocycles. The molecule has 260 valence electrons. The molecule has 0 spiro atoms. The number of fused-ring (bicyclic) bond motifs is 1. The molecule has 1 saturated carbocycles. The van der Waals surface area contributed by atoms with Crippen molar-refractivity contribution in [2.45, 2.75) is 89.1 Å². The number of rotatable bonds is 15. The summed E-state index contributed by atoms with van der Waals surface area (Å²) in [5.74, 6) is 4.64. The van der Waals surface area contributed by atoms with Crippen molar-refractivity contribution >= 4 is 40.3 Å². The van der Waals surface area contributed by atoms with E-state index in [1.807, 2.05) is 30.3 Å². The van der Waals surface area contributed by atoms with Gasteiger partial charge in [0.05, 0.1) is 24.3 Å². The quantitative estimate of drug-likeness (QED) is 0.0821. The van der Waals surface area contributed by atoms with Crippen molar-refractivity contribution in [1.82, 2.24) is 31.2 Å². The number of nitrogens with two attached hydrogens (primary N) is 2. The fraction of sp³-hybridized carbons (Fsp3) is 0.500. The number of nitrogens with zero attached hydrogens (tertiary/aromatic N) is 2. The van der Waals surface area contributed by atoms with Gasteiger partial charge in [0, 0.05) is 37.3 Å². The van der Waals surface area contributed by atoms with Gasteiger partial charge in [0.1, 0.15) is 11.6 Å². The summed E-state index contributed by atoms with van der Waals surface area (Å²) in [6.45, 7) is 4.48. The predicted octanol–water partition coefficient (Wildman–Crippen LogP) is 0.992. The molecule has 1 aliphatic heterocycles. The number of hydrazine groups is 1. The molecule has 14 heteroatoms. The molecule has 2 aliphatic rings. The number of Topliss-reactive ketones (excluding diaryl/α,β-unsaturated/α-hetero) is 1. The normalized spacial score (nSPS) is 18.6. The summed E-state index contributed by atoms with van der Waals surface area (Å²) in [5.41, 5.74) is 4.96. The fourth-order valence-electron chi connectivity index (χ4n) is 5.82. The third-order valence-electron chi connectivity index (χ3n) is 8.70. The second-order valence-electron chi connectivity index (χ2n) is 13.1. The number of hydrogen-bond donors (Lipinski definition) is 7. The molecule has 0 aromatic heterocycles. The standard InChI is InChI=1S/C34H48N8O6/c1-21(43)27(10-6-7-15-37-33(47)39-25-13-14-25)40-32(46)28-17-26(42(36)29(18-35)34(2,3)48)20-41(28)30(44)19-38-31(45)24-12-11-22-8-4-5-9-23(22)16-24/h4-5,8-9,11-12,16,18,25-28,48H,6-7,10,13-15,17,19-20,35-36H2,1-3H3,(H,38,45)(H,40,46)(H2,37,39,47)/b29-18-. The molecule has 2 aromatic rings. The van der Waals surface area contributed by atoms with Crippen LogP contribution in [0.15, 0.2) is 54.4 Å². The molecule has 3 unspecified atom stereocenters. The number of aliphatic hydroxyl groups is 1. The van der Waals surface area contributed by atoms with Gasteiger partial charge in [-0.05, 0) is 75.8 Å². The fourth-order valence-corrected chi connectivity index (χ4v) is 5.82. The Labute approximate surface area is 280 Å². The van der Waals surface area contributed by atoms with E-state index in [9.17, 15) is 29.1 Å². The van der Waals surface area contributed by atoms with Crippen LogP contribution in [0.5, 0.6) is 0 Å². The van der Waals surface area contributed by atoms with E-state index < -0.39 is 41.4 Å². The Kier molecular flexibility index (Phi) is 12.0. The van der Waals surface area contributed by atoms with Gasteiger partial charge in [-0.1, -0.05) is 30.3 Å². The first-order valence-electron chi connectivity index (χ1n) is 16.4. The number of hydrogen-bond acceptors (Lipinski definition) is 9. The SMILES string of the molecule is CC(=O)C(CCCCNC(=O)NC1CC1)NC(=O)C1CC(N(N)/C(=C\N)C(C)(C)O)CN1C(=O)CNC(=O)c1ccc2ccccc2c1. The van der Waals surface area contributed by atoms with Gasteiger partial charge < -0.3 is 42.0 Å². The molecule has 1 saturated heterocycles. The average Bonchev–Trinajstić information content (AvgIpc) is 3.74. The lowest BCUT2D eigenvalue weighted by Crippen LogP contribution is -2.52. The maximum Gasteiger partial charge on any atom is 0.315 e. The minimum Gasteiger partial charge on any atom is -0.403 e. The van der Waals surface area contributed by atoms with Crippen LogP contribution in [-0.2, 0) is 14.4 Å². The predicted molar refractivity (Wildman–Crippen MR) is 181 cm³/mol. The summed E-state index contributed by atoms with van der Waals surface area (Å²) in [6, 6.07) is 10.5. The number of carbonyl (C=O) groups is 5. The van der Waals surface area contributed by atoms with Gasteiger partial charge >= 0.3 is 6.03 Å². The minimum absolute atomic E-state index is 0.00597. The molecule has 2 aromatic carbocycles. The lowest BCUT2D eigenvalue weighted by Gasteiger charge is -2.34. The second kappa shape index (κ2) is 15.9. The van der Waals surface area contributed by atoms with E-state index >= 15 is 0 Å². The molecule has 4 rings (SSSR count). The van der Waals surface area contributed by atoms with Gasteiger partial charge in [-0.2, -0.15) is 0 Å². The lowest BCUT2D eigenvalue weighted by molar-refractivity contribution is -0.138. The maximum absolute atomic E-state index is 13.7. The zero-order chi connectivity index (χ0) is 35.0. The Morgan fingerprint density at radius 2 is 1.77 bits per heavy atom. The van der Waals surface area contributed by atoms with Gasteiger partial charge in [0.15, 0.2) is 5.78 Å². The van der Waals surface area contributed by atoms with E-state index in [4.69, 9.17) is 11.6 Å². The van der Waals surface area contributed by atoms with E-state index in [1.165, 1.54) is 36.9 Å². The molecule has 5 amide bonds. The molecule has 2 fully saturated rings. The number of unbranched alkanes of at least 4 members (excludes halogenated alkanes) is 1. The number of benzene rings is 2. The number of nitrogens with one attached hydrogen (secondary N) is 4. The van der Waals surface area contributed by atoms with Crippen LogP contribution in [-0.4, -0.2) is 94.0 Å². The summed E-state index contributed by atoms with van der Waals surface area (Å²) < 4.78 is 0. The van der Waals surface area contributed by atoms with E-state index in [0.717, 1.165) is 23.6 Å². The van der Waals surface area contributed by atoms with Crippen LogP contribution in [0, 0.1) is 0 Å². The summed E-state index contributed by atoms with van der Waals surface area (Å²) >= 11 is 0. The number of likely N-dealkylation sites (tertiary alicyclic amines) is 1. The monoisotopic (exact) mass is 664 g/mol. The van der Waals surface area contributed by atoms with E-state index in [-0.39, 0.29) is 43.1 Å². The van der Waals surface area contributed by atoms with Crippen LogP contribution in [0.25, 0.3) is 10.8 Å². The van der Waals surface area contributed by atoms with Crippen LogP contribution in [0.2, 0.25) is 0 Å². The van der Waals surface area contributed by atoms with Crippen LogP contribution in [0.3, 0.4) is 0 Å². The molecule has 9 N–H and O–H groups in total. The molecular formula is C34H48N8O6. The van der Waals surface area contributed by atoms with Crippen LogP contribution < -0.4 is 32.8 Å². The van der Waals surface area contributed by atoms with Crippen LogP contribution in [0.4, 0.5) is 4.79 Å². The van der Waals surface area contributed by atoms with Crippen molar-refractivity contribution in [2.24, 2.45) is 11.6 Å². The van der Waals surface area contributed by atoms with Crippen LogP contribution >= 0.6 is 0 Å². The first-order valence-corrected chi connectivity index (χ1v) is 16.4. The summed E-state index contributed by atoms with van der Waals surface area (Å²) in [4.78, 5) is 65.9. The van der Waals surface area contributed by atoms with Crippen molar-refractivity contribution in [2.75, 3.05) is 19.6 Å². The molecular weight excluding hydrogens is 616 g/mol. The van der Waals surface area contributed by atoms with Crippen molar-refractivity contribution in [1.29, 1.82) is 0 Å². The molecule has 1 aliphatic carbocycles.